The van der Waals surface area contributed by atoms with Gasteiger partial charge in [0.25, 0.3) is 0 Å². The number of aromatic nitrogens is 1. The molecule has 0 bridgehead atoms. The molecule has 0 radical (unpaired) electrons. The van der Waals surface area contributed by atoms with Gasteiger partial charge in [-0.25, -0.2) is 4.98 Å². The van der Waals surface area contributed by atoms with E-state index in [0.29, 0.717) is 41.0 Å². The summed E-state index contributed by atoms with van der Waals surface area (Å²) in [6.07, 6.45) is 2.98. The van der Waals surface area contributed by atoms with Gasteiger partial charge in [-0.2, -0.15) is 5.26 Å². The molecule has 1 aliphatic rings. The van der Waals surface area contributed by atoms with Crippen molar-refractivity contribution in [2.45, 2.75) is 45.1 Å². The second-order valence-corrected chi connectivity index (χ2v) is 7.63. The molecule has 1 amide bonds. The van der Waals surface area contributed by atoms with Gasteiger partial charge in [0.05, 0.1) is 30.2 Å². The summed E-state index contributed by atoms with van der Waals surface area (Å²) in [6.45, 7) is 6.81. The Bertz CT molecular complexity index is 953. The number of carbonyl (C=O) groups excluding carboxylic acids is 1. The van der Waals surface area contributed by atoms with Crippen LogP contribution in [-0.4, -0.2) is 29.9 Å². The summed E-state index contributed by atoms with van der Waals surface area (Å²) in [5.74, 6) is 1.23. The number of rotatable bonds is 8. The maximum absolute atomic E-state index is 12.6. The van der Waals surface area contributed by atoms with Crippen LogP contribution in [0, 0.1) is 18.3 Å². The molecule has 0 spiro atoms. The van der Waals surface area contributed by atoms with Gasteiger partial charge in [0.2, 0.25) is 5.91 Å². The lowest BCUT2D eigenvalue weighted by Crippen LogP contribution is -2.15. The zero-order chi connectivity index (χ0) is 20.8. The van der Waals surface area contributed by atoms with Gasteiger partial charge in [-0.1, -0.05) is 11.8 Å². The van der Waals surface area contributed by atoms with Crippen molar-refractivity contribution in [3.8, 4) is 17.6 Å². The van der Waals surface area contributed by atoms with Gasteiger partial charge in [-0.15, -0.1) is 0 Å². The van der Waals surface area contributed by atoms with E-state index in [4.69, 9.17) is 9.47 Å². The minimum absolute atomic E-state index is 0.157. The first-order valence-corrected chi connectivity index (χ1v) is 10.8. The van der Waals surface area contributed by atoms with Crippen molar-refractivity contribution in [2.24, 2.45) is 0 Å². The van der Waals surface area contributed by atoms with Crippen molar-refractivity contribution < 1.29 is 14.3 Å². The van der Waals surface area contributed by atoms with E-state index >= 15 is 0 Å². The predicted octanol–water partition coefficient (Wildman–Crippen LogP) is 4.28. The largest absolute Gasteiger partial charge is 0.494 e. The second-order valence-electron chi connectivity index (χ2n) is 6.67. The number of aryl methyl sites for hydroxylation is 1. The Labute approximate surface area is 175 Å². The first kappa shape index (κ1) is 21.0. The van der Waals surface area contributed by atoms with Crippen LogP contribution >= 0.6 is 11.8 Å². The van der Waals surface area contributed by atoms with Crippen LogP contribution in [0.1, 0.15) is 42.7 Å². The van der Waals surface area contributed by atoms with Crippen LogP contribution < -0.4 is 14.8 Å². The number of ether oxygens (including phenoxy) is 2. The predicted molar refractivity (Wildman–Crippen MR) is 114 cm³/mol. The van der Waals surface area contributed by atoms with Gasteiger partial charge in [-0.05, 0) is 63.3 Å². The fraction of sp³-hybridized carbons (Fsp3) is 0.409. The molecule has 0 fully saturated rings. The summed E-state index contributed by atoms with van der Waals surface area (Å²) in [4.78, 5) is 17.3. The molecular weight excluding hydrogens is 386 g/mol. The molecule has 1 aromatic heterocycles. The van der Waals surface area contributed by atoms with E-state index in [1.54, 1.807) is 12.1 Å². The molecule has 6 nitrogen and oxygen atoms in total. The summed E-state index contributed by atoms with van der Waals surface area (Å²) in [7, 11) is 0. The van der Waals surface area contributed by atoms with Crippen molar-refractivity contribution in [3.05, 3.63) is 40.6 Å². The molecular formula is C22H25N3O3S. The maximum atomic E-state index is 12.6. The number of carbonyl (C=O) groups is 1. The highest BCUT2D eigenvalue weighted by Gasteiger charge is 2.21. The van der Waals surface area contributed by atoms with E-state index in [1.165, 1.54) is 17.3 Å². The van der Waals surface area contributed by atoms with Crippen LogP contribution in [0.2, 0.25) is 0 Å². The number of nitrogens with zero attached hydrogens (tertiary/aromatic N) is 2. The Morgan fingerprint density at radius 3 is 2.79 bits per heavy atom. The van der Waals surface area contributed by atoms with Crippen LogP contribution in [0.25, 0.3) is 0 Å². The van der Waals surface area contributed by atoms with Crippen LogP contribution in [0.3, 0.4) is 0 Å². The highest BCUT2D eigenvalue weighted by molar-refractivity contribution is 8.00. The number of amides is 1. The van der Waals surface area contributed by atoms with Crippen LogP contribution in [0.5, 0.6) is 11.5 Å². The fourth-order valence-corrected chi connectivity index (χ4v) is 4.30. The van der Waals surface area contributed by atoms with E-state index in [9.17, 15) is 10.1 Å². The highest BCUT2D eigenvalue weighted by Crippen LogP contribution is 2.33. The molecule has 0 saturated heterocycles. The fourth-order valence-electron chi connectivity index (χ4n) is 3.45. The molecule has 0 saturated carbocycles. The molecule has 7 heteroatoms. The average Bonchev–Trinajstić information content (AvgIpc) is 3.18. The molecule has 3 rings (SSSR count). The molecule has 1 aromatic carbocycles. The maximum Gasteiger partial charge on any atom is 0.234 e. The summed E-state index contributed by atoms with van der Waals surface area (Å²) >= 11 is 1.30. The third-order valence-electron chi connectivity index (χ3n) is 4.75. The Balaban J connectivity index is 1.73. The average molecular weight is 412 g/mol. The number of thioether (sulfide) groups is 1. The Hall–Kier alpha value is -2.72. The lowest BCUT2D eigenvalue weighted by Gasteiger charge is -2.14. The third-order valence-corrected chi connectivity index (χ3v) is 5.73. The molecule has 29 heavy (non-hydrogen) atoms. The van der Waals surface area contributed by atoms with Crippen molar-refractivity contribution in [1.29, 1.82) is 5.26 Å². The molecule has 152 valence electrons. The van der Waals surface area contributed by atoms with E-state index in [2.05, 4.69) is 16.4 Å². The van der Waals surface area contributed by atoms with Crippen molar-refractivity contribution >= 4 is 23.4 Å². The number of fused-ring (bicyclic) bond motifs is 1. The first-order valence-electron chi connectivity index (χ1n) is 9.82. The van der Waals surface area contributed by atoms with Gasteiger partial charge >= 0.3 is 0 Å². The molecule has 1 heterocycles. The summed E-state index contributed by atoms with van der Waals surface area (Å²) in [5.41, 5.74) is 4.41. The van der Waals surface area contributed by atoms with Crippen LogP contribution in [-0.2, 0) is 17.6 Å². The van der Waals surface area contributed by atoms with Crippen molar-refractivity contribution in [1.82, 2.24) is 4.98 Å². The van der Waals surface area contributed by atoms with Gasteiger partial charge in [0.1, 0.15) is 22.6 Å². The molecule has 0 atom stereocenters. The topological polar surface area (TPSA) is 84.2 Å². The number of benzene rings is 1. The van der Waals surface area contributed by atoms with Crippen molar-refractivity contribution in [2.75, 3.05) is 24.3 Å². The lowest BCUT2D eigenvalue weighted by molar-refractivity contribution is -0.113. The molecule has 0 aliphatic heterocycles. The summed E-state index contributed by atoms with van der Waals surface area (Å²) in [5, 5.41) is 13.1. The zero-order valence-electron chi connectivity index (χ0n) is 17.0. The smallest absolute Gasteiger partial charge is 0.234 e. The number of nitriles is 1. The third kappa shape index (κ3) is 4.83. The molecule has 1 N–H and O–H groups in total. The normalized spacial score (nSPS) is 12.2. The SMILES string of the molecule is CCOc1ccc(OCC)c(NC(=O)CSc2nc3c(c(C)c2C#N)CCC3)c1. The Morgan fingerprint density at radius 1 is 1.28 bits per heavy atom. The molecule has 1 aliphatic carbocycles. The zero-order valence-corrected chi connectivity index (χ0v) is 17.8. The standard InChI is InChI=1S/C22H25N3O3S/c1-4-27-15-9-10-20(28-5-2)19(11-15)24-21(26)13-29-22-17(12-23)14(3)16-7-6-8-18(16)25-22/h9-11H,4-8,13H2,1-3H3,(H,24,26). The van der Waals surface area contributed by atoms with E-state index in [-0.39, 0.29) is 11.7 Å². The van der Waals surface area contributed by atoms with Gasteiger partial charge in [0.15, 0.2) is 0 Å². The number of hydrogen-bond acceptors (Lipinski definition) is 6. The molecule has 0 unspecified atom stereocenters. The number of anilines is 1. The minimum atomic E-state index is -0.187. The molecule has 2 aromatic rings. The number of hydrogen-bond donors (Lipinski definition) is 1. The van der Waals surface area contributed by atoms with Gasteiger partial charge < -0.3 is 14.8 Å². The van der Waals surface area contributed by atoms with Gasteiger partial charge in [-0.3, -0.25) is 4.79 Å². The van der Waals surface area contributed by atoms with Crippen LogP contribution in [0.4, 0.5) is 5.69 Å². The van der Waals surface area contributed by atoms with E-state index in [1.807, 2.05) is 26.8 Å². The number of pyridine rings is 1. The van der Waals surface area contributed by atoms with E-state index < -0.39 is 0 Å². The monoisotopic (exact) mass is 411 g/mol. The Morgan fingerprint density at radius 2 is 2.07 bits per heavy atom. The van der Waals surface area contributed by atoms with Crippen molar-refractivity contribution in [3.63, 3.8) is 0 Å². The Kier molecular flexibility index (Phi) is 6.99. The second kappa shape index (κ2) is 9.66. The van der Waals surface area contributed by atoms with E-state index in [0.717, 1.165) is 30.5 Å². The number of nitrogens with one attached hydrogen (secondary N) is 1. The lowest BCUT2D eigenvalue weighted by atomic mass is 10.0. The van der Waals surface area contributed by atoms with Crippen LogP contribution in [0.15, 0.2) is 23.2 Å². The first-order chi connectivity index (χ1) is 14.1. The quantitative estimate of drug-likeness (QED) is 0.653. The summed E-state index contributed by atoms with van der Waals surface area (Å²) < 4.78 is 11.1. The summed E-state index contributed by atoms with van der Waals surface area (Å²) in [6, 6.07) is 7.63. The van der Waals surface area contributed by atoms with Gasteiger partial charge in [0, 0.05) is 11.8 Å². The minimum Gasteiger partial charge on any atom is -0.494 e. The highest BCUT2D eigenvalue weighted by atomic mass is 32.2.